The second kappa shape index (κ2) is 7.80. The third-order valence-corrected chi connectivity index (χ3v) is 6.18. The van der Waals surface area contributed by atoms with Crippen LogP contribution in [0.2, 0.25) is 0 Å². The van der Waals surface area contributed by atoms with Crippen molar-refractivity contribution in [3.05, 3.63) is 54.5 Å². The van der Waals surface area contributed by atoms with Crippen LogP contribution in [-0.2, 0) is 16.6 Å². The van der Waals surface area contributed by atoms with Gasteiger partial charge in [0.1, 0.15) is 0 Å². The SMILES string of the molecule is CC(C)n1cc(CCNS(=O)(=O)N(C)C)c2ccc(-c3ccncc3)cc21. The molecule has 0 atom stereocenters. The van der Waals surface area contributed by atoms with Gasteiger partial charge in [-0.3, -0.25) is 4.98 Å². The Morgan fingerprint density at radius 1 is 1.11 bits per heavy atom. The number of fused-ring (bicyclic) bond motifs is 1. The van der Waals surface area contributed by atoms with Crippen LogP contribution in [0.5, 0.6) is 0 Å². The molecular weight excluding hydrogens is 360 g/mol. The van der Waals surface area contributed by atoms with Crippen molar-refractivity contribution in [2.24, 2.45) is 0 Å². The molecule has 2 heterocycles. The minimum atomic E-state index is -3.40. The quantitative estimate of drug-likeness (QED) is 0.678. The number of benzene rings is 1. The molecule has 6 nitrogen and oxygen atoms in total. The van der Waals surface area contributed by atoms with E-state index in [2.05, 4.69) is 52.5 Å². The molecular formula is C20H26N4O2S. The van der Waals surface area contributed by atoms with Gasteiger partial charge in [-0.05, 0) is 55.2 Å². The van der Waals surface area contributed by atoms with Crippen molar-refractivity contribution in [2.75, 3.05) is 20.6 Å². The Labute approximate surface area is 161 Å². The van der Waals surface area contributed by atoms with E-state index in [9.17, 15) is 8.42 Å². The first-order chi connectivity index (χ1) is 12.8. The molecule has 0 saturated heterocycles. The number of hydrogen-bond acceptors (Lipinski definition) is 3. The average Bonchev–Trinajstić information content (AvgIpc) is 3.00. The molecule has 3 rings (SSSR count). The Hall–Kier alpha value is -2.22. The van der Waals surface area contributed by atoms with Crippen LogP contribution < -0.4 is 4.72 Å². The predicted octanol–water partition coefficient (Wildman–Crippen LogP) is 3.22. The molecule has 0 fully saturated rings. The van der Waals surface area contributed by atoms with Gasteiger partial charge in [0.25, 0.3) is 10.2 Å². The maximum absolute atomic E-state index is 11.9. The lowest BCUT2D eigenvalue weighted by Gasteiger charge is -2.11. The molecule has 0 saturated carbocycles. The van der Waals surface area contributed by atoms with Gasteiger partial charge in [-0.25, -0.2) is 4.72 Å². The Balaban J connectivity index is 1.93. The summed E-state index contributed by atoms with van der Waals surface area (Å²) in [5.41, 5.74) is 4.57. The molecule has 2 aromatic heterocycles. The zero-order chi connectivity index (χ0) is 19.6. The number of nitrogens with zero attached hydrogens (tertiary/aromatic N) is 3. The topological polar surface area (TPSA) is 67.2 Å². The average molecular weight is 387 g/mol. The Morgan fingerprint density at radius 2 is 1.81 bits per heavy atom. The molecule has 0 aliphatic heterocycles. The lowest BCUT2D eigenvalue weighted by Crippen LogP contribution is -2.36. The minimum Gasteiger partial charge on any atom is -0.345 e. The van der Waals surface area contributed by atoms with Crippen molar-refractivity contribution in [1.29, 1.82) is 0 Å². The highest BCUT2D eigenvalue weighted by molar-refractivity contribution is 7.87. The zero-order valence-electron chi connectivity index (χ0n) is 16.2. The summed E-state index contributed by atoms with van der Waals surface area (Å²) < 4.78 is 29.9. The van der Waals surface area contributed by atoms with Gasteiger partial charge in [-0.1, -0.05) is 12.1 Å². The molecule has 0 aliphatic rings. The van der Waals surface area contributed by atoms with Crippen molar-refractivity contribution >= 4 is 21.1 Å². The van der Waals surface area contributed by atoms with Crippen LogP contribution in [0.1, 0.15) is 25.5 Å². The van der Waals surface area contributed by atoms with Crippen LogP contribution in [0.4, 0.5) is 0 Å². The summed E-state index contributed by atoms with van der Waals surface area (Å²) in [5.74, 6) is 0. The summed E-state index contributed by atoms with van der Waals surface area (Å²) >= 11 is 0. The van der Waals surface area contributed by atoms with Gasteiger partial charge >= 0.3 is 0 Å². The molecule has 0 aliphatic carbocycles. The normalized spacial score (nSPS) is 12.4. The van der Waals surface area contributed by atoms with E-state index in [0.717, 1.165) is 27.6 Å². The first-order valence-corrected chi connectivity index (χ1v) is 10.4. The van der Waals surface area contributed by atoms with E-state index < -0.39 is 10.2 Å². The molecule has 3 aromatic rings. The number of aromatic nitrogens is 2. The van der Waals surface area contributed by atoms with Crippen molar-refractivity contribution < 1.29 is 8.42 Å². The van der Waals surface area contributed by atoms with Crippen LogP contribution in [0.25, 0.3) is 22.0 Å². The van der Waals surface area contributed by atoms with Crippen molar-refractivity contribution in [3.8, 4) is 11.1 Å². The molecule has 0 amide bonds. The van der Waals surface area contributed by atoms with Crippen molar-refractivity contribution in [1.82, 2.24) is 18.6 Å². The number of rotatable bonds is 7. The second-order valence-corrected chi connectivity index (χ2v) is 9.02. The molecule has 0 unspecified atom stereocenters. The van der Waals surface area contributed by atoms with Gasteiger partial charge in [0.15, 0.2) is 0 Å². The first kappa shape index (κ1) is 19.5. The number of hydrogen-bond donors (Lipinski definition) is 1. The summed E-state index contributed by atoms with van der Waals surface area (Å²) in [4.78, 5) is 4.08. The summed E-state index contributed by atoms with van der Waals surface area (Å²) in [6.07, 6.45) is 6.36. The fourth-order valence-electron chi connectivity index (χ4n) is 3.12. The maximum atomic E-state index is 11.9. The van der Waals surface area contributed by atoms with E-state index in [0.29, 0.717) is 19.0 Å². The molecule has 0 radical (unpaired) electrons. The van der Waals surface area contributed by atoms with Gasteiger partial charge in [0.05, 0.1) is 0 Å². The van der Waals surface area contributed by atoms with Crippen molar-refractivity contribution in [2.45, 2.75) is 26.3 Å². The number of nitrogens with one attached hydrogen (secondary N) is 1. The Kier molecular flexibility index (Phi) is 5.64. The highest BCUT2D eigenvalue weighted by atomic mass is 32.2. The minimum absolute atomic E-state index is 0.312. The van der Waals surface area contributed by atoms with Gasteiger partial charge in [0, 0.05) is 56.2 Å². The molecule has 27 heavy (non-hydrogen) atoms. The molecule has 0 spiro atoms. The van der Waals surface area contributed by atoms with Crippen LogP contribution in [0.3, 0.4) is 0 Å². The fraction of sp³-hybridized carbons (Fsp3) is 0.350. The third kappa shape index (κ3) is 4.21. The predicted molar refractivity (Wildman–Crippen MR) is 110 cm³/mol. The molecule has 7 heteroatoms. The van der Waals surface area contributed by atoms with Gasteiger partial charge < -0.3 is 4.57 Å². The molecule has 1 aromatic carbocycles. The van der Waals surface area contributed by atoms with Crippen LogP contribution in [0, 0.1) is 0 Å². The van der Waals surface area contributed by atoms with Gasteiger partial charge in [-0.2, -0.15) is 12.7 Å². The monoisotopic (exact) mass is 386 g/mol. The van der Waals surface area contributed by atoms with Crippen LogP contribution >= 0.6 is 0 Å². The van der Waals surface area contributed by atoms with E-state index in [1.807, 2.05) is 12.1 Å². The third-order valence-electron chi connectivity index (χ3n) is 4.65. The van der Waals surface area contributed by atoms with E-state index in [4.69, 9.17) is 0 Å². The first-order valence-electron chi connectivity index (χ1n) is 9.00. The van der Waals surface area contributed by atoms with E-state index in [-0.39, 0.29) is 0 Å². The standard InChI is InChI=1S/C20H26N4O2S/c1-15(2)24-14-18(9-12-22-27(25,26)23(3)4)19-6-5-17(13-20(19)24)16-7-10-21-11-8-16/h5-8,10-11,13-15,22H,9,12H2,1-4H3. The lowest BCUT2D eigenvalue weighted by atomic mass is 10.0. The highest BCUT2D eigenvalue weighted by Crippen LogP contribution is 2.29. The van der Waals surface area contributed by atoms with Crippen molar-refractivity contribution in [3.63, 3.8) is 0 Å². The van der Waals surface area contributed by atoms with E-state index >= 15 is 0 Å². The second-order valence-electron chi connectivity index (χ2n) is 7.05. The zero-order valence-corrected chi connectivity index (χ0v) is 17.0. The van der Waals surface area contributed by atoms with E-state index in [1.165, 1.54) is 18.4 Å². The summed E-state index contributed by atoms with van der Waals surface area (Å²) in [6, 6.07) is 10.7. The summed E-state index contributed by atoms with van der Waals surface area (Å²) in [5, 5.41) is 1.16. The van der Waals surface area contributed by atoms with Crippen LogP contribution in [-0.4, -0.2) is 42.9 Å². The highest BCUT2D eigenvalue weighted by Gasteiger charge is 2.15. The largest absolute Gasteiger partial charge is 0.345 e. The molecule has 144 valence electrons. The van der Waals surface area contributed by atoms with E-state index in [1.54, 1.807) is 12.4 Å². The maximum Gasteiger partial charge on any atom is 0.278 e. The van der Waals surface area contributed by atoms with Crippen LogP contribution in [0.15, 0.2) is 48.9 Å². The summed E-state index contributed by atoms with van der Waals surface area (Å²) in [6.45, 7) is 4.66. The lowest BCUT2D eigenvalue weighted by molar-refractivity contribution is 0.506. The fourth-order valence-corrected chi connectivity index (χ4v) is 3.74. The summed E-state index contributed by atoms with van der Waals surface area (Å²) in [7, 11) is -0.360. The molecule has 1 N–H and O–H groups in total. The number of pyridine rings is 1. The Morgan fingerprint density at radius 3 is 2.44 bits per heavy atom. The van der Waals surface area contributed by atoms with Gasteiger partial charge in [-0.15, -0.1) is 0 Å². The Bertz CT molecular complexity index is 1020. The smallest absolute Gasteiger partial charge is 0.278 e. The van der Waals surface area contributed by atoms with Gasteiger partial charge in [0.2, 0.25) is 0 Å². The molecule has 0 bridgehead atoms.